The van der Waals surface area contributed by atoms with Crippen LogP contribution in [-0.2, 0) is 6.54 Å². The van der Waals surface area contributed by atoms with Crippen molar-refractivity contribution in [3.05, 3.63) is 108 Å². The summed E-state index contributed by atoms with van der Waals surface area (Å²) in [5.41, 5.74) is 11.7. The molecular formula is C27H21ClN4. The van der Waals surface area contributed by atoms with E-state index in [1.807, 2.05) is 60.7 Å². The van der Waals surface area contributed by atoms with Gasteiger partial charge >= 0.3 is 0 Å². The molecule has 4 nitrogen and oxygen atoms in total. The maximum atomic E-state index is 6.77. The van der Waals surface area contributed by atoms with Crippen molar-refractivity contribution < 1.29 is 0 Å². The number of anilines is 2. The summed E-state index contributed by atoms with van der Waals surface area (Å²) < 4.78 is 0. The molecule has 0 spiro atoms. The lowest BCUT2D eigenvalue weighted by Crippen LogP contribution is -2.05. The van der Waals surface area contributed by atoms with Gasteiger partial charge in [0.1, 0.15) is 11.0 Å². The molecule has 32 heavy (non-hydrogen) atoms. The Morgan fingerprint density at radius 2 is 1.59 bits per heavy atom. The summed E-state index contributed by atoms with van der Waals surface area (Å²) in [4.78, 5) is 9.21. The van der Waals surface area contributed by atoms with Crippen LogP contribution in [0.25, 0.3) is 33.0 Å². The van der Waals surface area contributed by atoms with Crippen molar-refractivity contribution in [1.82, 2.24) is 9.97 Å². The quantitative estimate of drug-likeness (QED) is 0.234. The molecular weight excluding hydrogens is 416 g/mol. The molecule has 3 aromatic carbocycles. The zero-order valence-corrected chi connectivity index (χ0v) is 18.1. The number of hydrogen-bond donors (Lipinski definition) is 2. The van der Waals surface area contributed by atoms with E-state index in [1.54, 1.807) is 6.20 Å². The average molecular weight is 437 g/mol. The molecule has 0 amide bonds. The number of benzene rings is 3. The number of pyridine rings is 2. The molecule has 0 aliphatic rings. The highest BCUT2D eigenvalue weighted by atomic mass is 35.5. The lowest BCUT2D eigenvalue weighted by molar-refractivity contribution is 1.03. The summed E-state index contributed by atoms with van der Waals surface area (Å²) in [5, 5.41) is 5.91. The molecule has 5 rings (SSSR count). The van der Waals surface area contributed by atoms with Gasteiger partial charge < -0.3 is 11.1 Å². The van der Waals surface area contributed by atoms with Crippen LogP contribution in [-0.4, -0.2) is 9.97 Å². The monoisotopic (exact) mass is 436 g/mol. The Labute approximate surface area is 191 Å². The van der Waals surface area contributed by atoms with Gasteiger partial charge in [0.15, 0.2) is 0 Å². The number of nitrogen functional groups attached to an aromatic ring is 1. The van der Waals surface area contributed by atoms with Crippen LogP contribution in [0, 0.1) is 0 Å². The van der Waals surface area contributed by atoms with Crippen molar-refractivity contribution in [2.75, 3.05) is 11.1 Å². The number of halogens is 1. The van der Waals surface area contributed by atoms with Crippen molar-refractivity contribution in [2.45, 2.75) is 6.54 Å². The summed E-state index contributed by atoms with van der Waals surface area (Å²) in [6, 6.07) is 30.1. The largest absolute Gasteiger partial charge is 0.399 e. The smallest absolute Gasteiger partial charge is 0.139 e. The van der Waals surface area contributed by atoms with Gasteiger partial charge in [-0.05, 0) is 46.3 Å². The number of nitrogens with one attached hydrogen (secondary N) is 1. The fourth-order valence-electron chi connectivity index (χ4n) is 3.97. The molecule has 0 atom stereocenters. The first-order valence-corrected chi connectivity index (χ1v) is 10.8. The molecule has 0 aliphatic carbocycles. The molecule has 156 valence electrons. The Morgan fingerprint density at radius 1 is 0.812 bits per heavy atom. The van der Waals surface area contributed by atoms with E-state index in [0.29, 0.717) is 17.4 Å². The van der Waals surface area contributed by atoms with Gasteiger partial charge in [-0.25, -0.2) is 4.98 Å². The van der Waals surface area contributed by atoms with Gasteiger partial charge in [0, 0.05) is 22.8 Å². The number of rotatable bonds is 5. The van der Waals surface area contributed by atoms with Crippen LogP contribution < -0.4 is 11.1 Å². The maximum absolute atomic E-state index is 6.77. The third kappa shape index (κ3) is 3.88. The molecule has 0 unspecified atom stereocenters. The van der Waals surface area contributed by atoms with Crippen molar-refractivity contribution in [2.24, 2.45) is 0 Å². The van der Waals surface area contributed by atoms with Crippen LogP contribution in [0.2, 0.25) is 5.15 Å². The van der Waals surface area contributed by atoms with Crippen LogP contribution in [0.5, 0.6) is 0 Å². The van der Waals surface area contributed by atoms with Gasteiger partial charge in [0.05, 0.1) is 12.2 Å². The van der Waals surface area contributed by atoms with E-state index in [-0.39, 0.29) is 0 Å². The lowest BCUT2D eigenvalue weighted by Gasteiger charge is -2.17. The van der Waals surface area contributed by atoms with Gasteiger partial charge in [-0.1, -0.05) is 78.3 Å². The molecule has 0 saturated carbocycles. The van der Waals surface area contributed by atoms with E-state index < -0.39 is 0 Å². The Bertz CT molecular complexity index is 1390. The van der Waals surface area contributed by atoms with Gasteiger partial charge in [0.25, 0.3) is 0 Å². The molecule has 0 bridgehead atoms. The van der Waals surface area contributed by atoms with E-state index in [9.17, 15) is 0 Å². The van der Waals surface area contributed by atoms with Crippen molar-refractivity contribution in [1.29, 1.82) is 0 Å². The van der Waals surface area contributed by atoms with Crippen molar-refractivity contribution >= 4 is 33.9 Å². The van der Waals surface area contributed by atoms with Gasteiger partial charge in [-0.2, -0.15) is 0 Å². The summed E-state index contributed by atoms with van der Waals surface area (Å²) in [6.07, 6.45) is 1.79. The highest BCUT2D eigenvalue weighted by molar-refractivity contribution is 6.34. The standard InChI is InChI=1S/C27H21ClN4/c28-26-24(19-10-6-11-20(29)16-19)23-14-7-13-22(18-8-2-1-3-9-18)25(23)27(32-26)31-17-21-12-4-5-15-30-21/h1-16H,17,29H2,(H,31,32). The van der Waals surface area contributed by atoms with E-state index in [4.69, 9.17) is 22.3 Å². The first-order chi connectivity index (χ1) is 15.7. The minimum Gasteiger partial charge on any atom is -0.399 e. The van der Waals surface area contributed by atoms with Crippen LogP contribution in [0.15, 0.2) is 97.2 Å². The second-order valence-corrected chi connectivity index (χ2v) is 7.88. The molecule has 3 N–H and O–H groups in total. The predicted octanol–water partition coefficient (Wildman–Crippen LogP) is 6.81. The topological polar surface area (TPSA) is 63.8 Å². The van der Waals surface area contributed by atoms with Crippen LogP contribution in [0.1, 0.15) is 5.69 Å². The molecule has 0 aliphatic heterocycles. The van der Waals surface area contributed by atoms with E-state index in [0.717, 1.165) is 44.5 Å². The van der Waals surface area contributed by atoms with Crippen molar-refractivity contribution in [3.63, 3.8) is 0 Å². The first-order valence-electron chi connectivity index (χ1n) is 10.4. The van der Waals surface area contributed by atoms with Crippen LogP contribution in [0.4, 0.5) is 11.5 Å². The maximum Gasteiger partial charge on any atom is 0.139 e. The third-order valence-electron chi connectivity index (χ3n) is 5.41. The zero-order chi connectivity index (χ0) is 21.9. The first kappa shape index (κ1) is 20.0. The lowest BCUT2D eigenvalue weighted by atomic mass is 9.94. The van der Waals surface area contributed by atoms with E-state index in [1.165, 1.54) is 0 Å². The molecule has 2 aromatic heterocycles. The summed E-state index contributed by atoms with van der Waals surface area (Å²) in [7, 11) is 0. The van der Waals surface area contributed by atoms with Crippen LogP contribution >= 0.6 is 11.6 Å². The molecule has 5 aromatic rings. The summed E-state index contributed by atoms with van der Waals surface area (Å²) >= 11 is 6.77. The Morgan fingerprint density at radius 3 is 2.38 bits per heavy atom. The van der Waals surface area contributed by atoms with Gasteiger partial charge in [-0.3, -0.25) is 4.98 Å². The highest BCUT2D eigenvalue weighted by Gasteiger charge is 2.18. The summed E-state index contributed by atoms with van der Waals surface area (Å²) in [5.74, 6) is 0.725. The Balaban J connectivity index is 1.75. The summed E-state index contributed by atoms with van der Waals surface area (Å²) in [6.45, 7) is 0.542. The zero-order valence-electron chi connectivity index (χ0n) is 17.3. The SMILES string of the molecule is Nc1cccc(-c2c(Cl)nc(NCc3ccccn3)c3c(-c4ccccc4)cccc23)c1. The third-order valence-corrected chi connectivity index (χ3v) is 5.68. The molecule has 0 radical (unpaired) electrons. The fourth-order valence-corrected chi connectivity index (χ4v) is 4.26. The molecule has 0 saturated heterocycles. The van der Waals surface area contributed by atoms with Gasteiger partial charge in [-0.15, -0.1) is 0 Å². The Hall–Kier alpha value is -3.89. The van der Waals surface area contributed by atoms with E-state index in [2.05, 4.69) is 40.6 Å². The molecule has 2 heterocycles. The fraction of sp³-hybridized carbons (Fsp3) is 0.0370. The number of aromatic nitrogens is 2. The Kier molecular flexibility index (Phi) is 5.44. The minimum atomic E-state index is 0.428. The van der Waals surface area contributed by atoms with Crippen molar-refractivity contribution in [3.8, 4) is 22.3 Å². The molecule has 0 fully saturated rings. The average Bonchev–Trinajstić information content (AvgIpc) is 2.83. The minimum absolute atomic E-state index is 0.428. The normalized spacial score (nSPS) is 10.9. The number of fused-ring (bicyclic) bond motifs is 1. The second-order valence-electron chi connectivity index (χ2n) is 7.52. The number of hydrogen-bond acceptors (Lipinski definition) is 4. The van der Waals surface area contributed by atoms with E-state index >= 15 is 0 Å². The highest BCUT2D eigenvalue weighted by Crippen LogP contribution is 2.42. The predicted molar refractivity (Wildman–Crippen MR) is 134 cm³/mol. The second kappa shape index (κ2) is 8.69. The van der Waals surface area contributed by atoms with Gasteiger partial charge in [0.2, 0.25) is 0 Å². The number of nitrogens with zero attached hydrogens (tertiary/aromatic N) is 2. The van der Waals surface area contributed by atoms with Crippen LogP contribution in [0.3, 0.4) is 0 Å². The molecule has 5 heteroatoms. The number of nitrogens with two attached hydrogens (primary N) is 1.